The van der Waals surface area contributed by atoms with E-state index in [-0.39, 0.29) is 32.6 Å². The molecule has 0 saturated heterocycles. The van der Waals surface area contributed by atoms with Crippen molar-refractivity contribution in [2.75, 3.05) is 18.0 Å². The highest BCUT2D eigenvalue weighted by Gasteiger charge is 2.31. The zero-order valence-corrected chi connectivity index (χ0v) is 23.7. The van der Waals surface area contributed by atoms with Gasteiger partial charge in [-0.2, -0.15) is 5.10 Å². The third-order valence-corrected chi connectivity index (χ3v) is 7.98. The highest BCUT2D eigenvalue weighted by Crippen LogP contribution is 2.35. The Labute approximate surface area is 232 Å². The molecule has 1 amide bonds. The molecule has 0 spiro atoms. The number of methoxy groups -OCH3 is 1. The van der Waals surface area contributed by atoms with Gasteiger partial charge in [0.25, 0.3) is 21.6 Å². The van der Waals surface area contributed by atoms with E-state index >= 15 is 0 Å². The van der Waals surface area contributed by atoms with Crippen LogP contribution < -0.4 is 14.5 Å². The zero-order valence-electron chi connectivity index (χ0n) is 19.9. The number of carbonyl (C=O) groups is 1. The molecule has 10 nitrogen and oxygen atoms in total. The first-order valence-corrected chi connectivity index (χ1v) is 13.5. The molecule has 194 valence electrons. The van der Waals surface area contributed by atoms with Crippen LogP contribution >= 0.6 is 34.2 Å². The van der Waals surface area contributed by atoms with E-state index in [1.807, 2.05) is 24.3 Å². The molecule has 0 bridgehead atoms. The minimum Gasteiger partial charge on any atom is -0.495 e. The van der Waals surface area contributed by atoms with E-state index in [9.17, 15) is 23.3 Å². The topological polar surface area (TPSA) is 131 Å². The summed E-state index contributed by atoms with van der Waals surface area (Å²) < 4.78 is 34.5. The molecule has 0 heterocycles. The number of nitro groups is 1. The van der Waals surface area contributed by atoms with Crippen molar-refractivity contribution >= 4 is 67.2 Å². The van der Waals surface area contributed by atoms with Crippen LogP contribution in [-0.4, -0.2) is 38.6 Å². The Hall–Kier alpha value is -3.23. The number of benzene rings is 3. The predicted molar refractivity (Wildman–Crippen MR) is 150 cm³/mol. The lowest BCUT2D eigenvalue weighted by molar-refractivity contribution is -0.385. The number of carbonyl (C=O) groups excluding carboxylic acids is 1. The van der Waals surface area contributed by atoms with Crippen molar-refractivity contribution < 1.29 is 22.9 Å². The van der Waals surface area contributed by atoms with Crippen LogP contribution in [0.1, 0.15) is 18.1 Å². The van der Waals surface area contributed by atoms with Crippen LogP contribution in [0.15, 0.2) is 70.7 Å². The van der Waals surface area contributed by atoms with E-state index in [2.05, 4.69) is 33.1 Å². The summed E-state index contributed by atoms with van der Waals surface area (Å²) in [5, 5.41) is 15.7. The Morgan fingerprint density at radius 2 is 1.84 bits per heavy atom. The van der Waals surface area contributed by atoms with Gasteiger partial charge in [-0.05, 0) is 78.4 Å². The van der Waals surface area contributed by atoms with Crippen LogP contribution in [0.3, 0.4) is 0 Å². The molecule has 0 fully saturated rings. The number of nitrogens with one attached hydrogen (secondary N) is 1. The van der Waals surface area contributed by atoms with E-state index in [0.717, 1.165) is 19.5 Å². The summed E-state index contributed by atoms with van der Waals surface area (Å²) in [7, 11) is -3.15. The summed E-state index contributed by atoms with van der Waals surface area (Å²) in [6.45, 7) is 2.49. The average Bonchev–Trinajstić information content (AvgIpc) is 2.86. The standard InChI is InChI=1S/C24H22ClIN4O6S/c1-15-4-10-20(13-21(15)30(32)33)37(34,35)29(22-12-18(25)7-11-23(22)36-3)14-24(31)28-27-16(2)17-5-8-19(26)9-6-17/h4-13H,14H2,1-3H3,(H,28,31)/b27-16-. The number of hydrogen-bond donors (Lipinski definition) is 1. The Morgan fingerprint density at radius 1 is 1.16 bits per heavy atom. The highest BCUT2D eigenvalue weighted by molar-refractivity contribution is 14.1. The number of rotatable bonds is 9. The van der Waals surface area contributed by atoms with Crippen LogP contribution in [0.25, 0.3) is 0 Å². The van der Waals surface area contributed by atoms with Crippen molar-refractivity contribution in [3.8, 4) is 5.75 Å². The maximum Gasteiger partial charge on any atom is 0.273 e. The molecule has 0 radical (unpaired) electrons. The predicted octanol–water partition coefficient (Wildman–Crippen LogP) is 4.91. The van der Waals surface area contributed by atoms with E-state index in [1.54, 1.807) is 6.92 Å². The molecule has 0 aliphatic rings. The first kappa shape index (κ1) is 28.3. The molecule has 3 aromatic rings. The Morgan fingerprint density at radius 3 is 2.46 bits per heavy atom. The number of nitrogens with zero attached hydrogens (tertiary/aromatic N) is 3. The second-order valence-electron chi connectivity index (χ2n) is 7.77. The molecular formula is C24H22ClIN4O6S. The molecule has 0 aliphatic heterocycles. The van der Waals surface area contributed by atoms with Gasteiger partial charge in [-0.25, -0.2) is 13.8 Å². The molecular weight excluding hydrogens is 635 g/mol. The van der Waals surface area contributed by atoms with Gasteiger partial charge in [0.05, 0.1) is 28.3 Å². The van der Waals surface area contributed by atoms with Gasteiger partial charge in [0.2, 0.25) is 0 Å². The van der Waals surface area contributed by atoms with Crippen molar-refractivity contribution in [1.82, 2.24) is 5.43 Å². The van der Waals surface area contributed by atoms with E-state index in [4.69, 9.17) is 16.3 Å². The molecule has 0 aromatic heterocycles. The van der Waals surface area contributed by atoms with Crippen molar-refractivity contribution in [2.24, 2.45) is 5.10 Å². The molecule has 37 heavy (non-hydrogen) atoms. The number of anilines is 1. The summed E-state index contributed by atoms with van der Waals surface area (Å²) in [6, 6.07) is 15.2. The summed E-state index contributed by atoms with van der Waals surface area (Å²) in [6.07, 6.45) is 0. The van der Waals surface area contributed by atoms with Crippen molar-refractivity contribution in [1.29, 1.82) is 0 Å². The number of hydrogen-bond acceptors (Lipinski definition) is 7. The number of amides is 1. The SMILES string of the molecule is COc1ccc(Cl)cc1N(CC(=O)N/N=C(/C)c1ccc(I)cc1)S(=O)(=O)c1ccc(C)c([N+](=O)[O-])c1. The lowest BCUT2D eigenvalue weighted by atomic mass is 10.1. The maximum atomic E-state index is 13.7. The van der Waals surface area contributed by atoms with Gasteiger partial charge < -0.3 is 4.74 Å². The fraction of sp³-hybridized carbons (Fsp3) is 0.167. The van der Waals surface area contributed by atoms with Gasteiger partial charge in [0, 0.05) is 20.2 Å². The fourth-order valence-electron chi connectivity index (χ4n) is 3.30. The molecule has 3 rings (SSSR count). The van der Waals surface area contributed by atoms with Crippen LogP contribution in [0.2, 0.25) is 5.02 Å². The second-order valence-corrected chi connectivity index (χ2v) is 11.3. The average molecular weight is 657 g/mol. The maximum absolute atomic E-state index is 13.7. The summed E-state index contributed by atoms with van der Waals surface area (Å²) in [4.78, 5) is 23.3. The van der Waals surface area contributed by atoms with Crippen LogP contribution in [0.4, 0.5) is 11.4 Å². The van der Waals surface area contributed by atoms with Gasteiger partial charge in [0.15, 0.2) is 0 Å². The lowest BCUT2D eigenvalue weighted by Gasteiger charge is -2.25. The quantitative estimate of drug-likeness (QED) is 0.151. The molecule has 0 unspecified atom stereocenters. The van der Waals surface area contributed by atoms with Crippen molar-refractivity contribution in [3.05, 3.63) is 90.5 Å². The minimum atomic E-state index is -4.49. The summed E-state index contributed by atoms with van der Waals surface area (Å²) >= 11 is 8.30. The third kappa shape index (κ3) is 6.76. The van der Waals surface area contributed by atoms with Gasteiger partial charge in [-0.3, -0.25) is 19.2 Å². The van der Waals surface area contributed by atoms with Crippen molar-refractivity contribution in [2.45, 2.75) is 18.7 Å². The van der Waals surface area contributed by atoms with Crippen LogP contribution in [0.5, 0.6) is 5.75 Å². The number of aryl methyl sites for hydroxylation is 1. The fourth-order valence-corrected chi connectivity index (χ4v) is 5.27. The third-order valence-electron chi connectivity index (χ3n) is 5.27. The highest BCUT2D eigenvalue weighted by atomic mass is 127. The van der Waals surface area contributed by atoms with Crippen LogP contribution in [0, 0.1) is 20.6 Å². The van der Waals surface area contributed by atoms with E-state index in [1.165, 1.54) is 44.4 Å². The Bertz CT molecular complexity index is 1480. The molecule has 13 heteroatoms. The minimum absolute atomic E-state index is 0.0216. The Balaban J connectivity index is 2.02. The van der Waals surface area contributed by atoms with Gasteiger partial charge in [-0.15, -0.1) is 0 Å². The number of ether oxygens (including phenoxy) is 1. The second kappa shape index (κ2) is 11.9. The normalized spacial score (nSPS) is 11.6. The number of hydrazone groups is 1. The van der Waals surface area contributed by atoms with Gasteiger partial charge >= 0.3 is 0 Å². The first-order chi connectivity index (χ1) is 17.4. The number of nitro benzene ring substituents is 1. The molecule has 1 N–H and O–H groups in total. The first-order valence-electron chi connectivity index (χ1n) is 10.6. The molecule has 0 saturated carbocycles. The number of sulfonamides is 1. The number of halogens is 2. The lowest BCUT2D eigenvalue weighted by Crippen LogP contribution is -2.40. The summed E-state index contributed by atoms with van der Waals surface area (Å²) in [5.74, 6) is -0.627. The largest absolute Gasteiger partial charge is 0.495 e. The van der Waals surface area contributed by atoms with Crippen LogP contribution in [-0.2, 0) is 14.8 Å². The Kier molecular flexibility index (Phi) is 9.10. The molecule has 3 aromatic carbocycles. The van der Waals surface area contributed by atoms with Gasteiger partial charge in [-0.1, -0.05) is 29.8 Å². The molecule has 0 aliphatic carbocycles. The van der Waals surface area contributed by atoms with Gasteiger partial charge in [0.1, 0.15) is 12.3 Å². The zero-order chi connectivity index (χ0) is 27.3. The van der Waals surface area contributed by atoms with Crippen molar-refractivity contribution in [3.63, 3.8) is 0 Å². The monoisotopic (exact) mass is 656 g/mol. The van der Waals surface area contributed by atoms with E-state index < -0.39 is 27.4 Å². The summed E-state index contributed by atoms with van der Waals surface area (Å²) in [5.41, 5.74) is 3.54. The molecule has 0 atom stereocenters. The smallest absolute Gasteiger partial charge is 0.273 e. The van der Waals surface area contributed by atoms with E-state index in [0.29, 0.717) is 5.71 Å².